The summed E-state index contributed by atoms with van der Waals surface area (Å²) in [6.45, 7) is 2.28. The summed E-state index contributed by atoms with van der Waals surface area (Å²) in [6.07, 6.45) is 0. The van der Waals surface area contributed by atoms with Gasteiger partial charge >= 0.3 is 5.63 Å². The lowest BCUT2D eigenvalue weighted by atomic mass is 10.1. The Balaban J connectivity index is 1.88. The molecule has 1 heterocycles. The first kappa shape index (κ1) is 17.8. The normalized spacial score (nSPS) is 11.1. The van der Waals surface area contributed by atoms with Crippen LogP contribution in [0.4, 0.5) is 10.1 Å². The van der Waals surface area contributed by atoms with Gasteiger partial charge in [-0.15, -0.1) is 0 Å². The molecule has 0 aliphatic carbocycles. The Bertz CT molecular complexity index is 1010. The molecule has 5 nitrogen and oxygen atoms in total. The Morgan fingerprint density at radius 3 is 2.58 bits per heavy atom. The Kier molecular flexibility index (Phi) is 5.14. The van der Waals surface area contributed by atoms with Gasteiger partial charge in [-0.2, -0.15) is 0 Å². The summed E-state index contributed by atoms with van der Waals surface area (Å²) in [7, 11) is 1.86. The molecule has 0 radical (unpaired) electrons. The lowest BCUT2D eigenvalue weighted by Gasteiger charge is -2.18. The van der Waals surface area contributed by atoms with E-state index in [0.29, 0.717) is 29.9 Å². The van der Waals surface area contributed by atoms with Crippen LogP contribution in [0, 0.1) is 5.82 Å². The van der Waals surface area contributed by atoms with Crippen LogP contribution in [0.5, 0.6) is 0 Å². The zero-order valence-electron chi connectivity index (χ0n) is 14.6. The maximum absolute atomic E-state index is 13.8. The van der Waals surface area contributed by atoms with Crippen molar-refractivity contribution < 1.29 is 13.6 Å². The maximum atomic E-state index is 13.8. The predicted molar refractivity (Wildman–Crippen MR) is 98.4 cm³/mol. The van der Waals surface area contributed by atoms with Gasteiger partial charge in [-0.05, 0) is 30.8 Å². The van der Waals surface area contributed by atoms with Crippen molar-refractivity contribution in [2.24, 2.45) is 0 Å². The van der Waals surface area contributed by atoms with Crippen molar-refractivity contribution in [3.63, 3.8) is 0 Å². The molecule has 2 aromatic carbocycles. The summed E-state index contributed by atoms with van der Waals surface area (Å²) in [6, 6.07) is 13.2. The Morgan fingerprint density at radius 1 is 1.12 bits per heavy atom. The summed E-state index contributed by atoms with van der Waals surface area (Å²) in [5.74, 6) is -0.454. The van der Waals surface area contributed by atoms with Crippen molar-refractivity contribution in [3.8, 4) is 0 Å². The number of anilines is 1. The first-order valence-corrected chi connectivity index (χ1v) is 8.18. The van der Waals surface area contributed by atoms with Crippen LogP contribution in [0.2, 0.25) is 0 Å². The van der Waals surface area contributed by atoms with Gasteiger partial charge in [0.2, 0.25) is 5.91 Å². The first-order chi connectivity index (χ1) is 12.4. The van der Waals surface area contributed by atoms with E-state index in [2.05, 4.69) is 5.32 Å². The SMILES string of the molecule is CC(=O)Nc1ccc2c(CN(C)Cc3ccccc3F)cc(=O)oc2c1. The molecule has 1 amide bonds. The first-order valence-electron chi connectivity index (χ1n) is 8.18. The highest BCUT2D eigenvalue weighted by Gasteiger charge is 2.11. The fourth-order valence-corrected chi connectivity index (χ4v) is 2.91. The van der Waals surface area contributed by atoms with Gasteiger partial charge in [0, 0.05) is 48.8 Å². The molecule has 1 aromatic heterocycles. The van der Waals surface area contributed by atoms with E-state index >= 15 is 0 Å². The van der Waals surface area contributed by atoms with Gasteiger partial charge in [0.15, 0.2) is 0 Å². The molecule has 0 saturated heterocycles. The summed E-state index contributed by atoms with van der Waals surface area (Å²) in [4.78, 5) is 25.0. The van der Waals surface area contributed by atoms with Crippen LogP contribution in [-0.2, 0) is 17.9 Å². The van der Waals surface area contributed by atoms with Gasteiger partial charge in [0.25, 0.3) is 0 Å². The lowest BCUT2D eigenvalue weighted by molar-refractivity contribution is -0.114. The average molecular weight is 354 g/mol. The van der Waals surface area contributed by atoms with Gasteiger partial charge in [-0.25, -0.2) is 9.18 Å². The van der Waals surface area contributed by atoms with E-state index in [4.69, 9.17) is 4.42 Å². The van der Waals surface area contributed by atoms with Crippen LogP contribution in [0.1, 0.15) is 18.1 Å². The topological polar surface area (TPSA) is 62.6 Å². The highest BCUT2D eigenvalue weighted by molar-refractivity contribution is 5.92. The van der Waals surface area contributed by atoms with Crippen LogP contribution in [-0.4, -0.2) is 17.9 Å². The number of halogens is 1. The monoisotopic (exact) mass is 354 g/mol. The molecule has 0 spiro atoms. The highest BCUT2D eigenvalue weighted by atomic mass is 19.1. The largest absolute Gasteiger partial charge is 0.423 e. The van der Waals surface area contributed by atoms with E-state index in [1.165, 1.54) is 19.1 Å². The smallest absolute Gasteiger partial charge is 0.336 e. The van der Waals surface area contributed by atoms with E-state index < -0.39 is 5.63 Å². The molecule has 0 atom stereocenters. The van der Waals surface area contributed by atoms with E-state index in [9.17, 15) is 14.0 Å². The van der Waals surface area contributed by atoms with Gasteiger partial charge in [0.1, 0.15) is 11.4 Å². The highest BCUT2D eigenvalue weighted by Crippen LogP contribution is 2.23. The van der Waals surface area contributed by atoms with Crippen LogP contribution in [0.3, 0.4) is 0 Å². The quantitative estimate of drug-likeness (QED) is 0.712. The van der Waals surface area contributed by atoms with Crippen LogP contribution in [0.15, 0.2) is 57.7 Å². The summed E-state index contributed by atoms with van der Waals surface area (Å²) < 4.78 is 19.1. The van der Waals surface area contributed by atoms with Gasteiger partial charge in [0.05, 0.1) is 0 Å². The van der Waals surface area contributed by atoms with E-state index in [0.717, 1.165) is 10.9 Å². The van der Waals surface area contributed by atoms with Crippen LogP contribution >= 0.6 is 0 Å². The van der Waals surface area contributed by atoms with Crippen molar-refractivity contribution in [3.05, 3.63) is 75.9 Å². The molecule has 26 heavy (non-hydrogen) atoms. The number of hydrogen-bond donors (Lipinski definition) is 1. The molecule has 0 saturated carbocycles. The number of rotatable bonds is 5. The van der Waals surface area contributed by atoms with E-state index in [1.807, 2.05) is 11.9 Å². The van der Waals surface area contributed by atoms with Crippen molar-refractivity contribution in [2.45, 2.75) is 20.0 Å². The van der Waals surface area contributed by atoms with E-state index in [1.54, 1.807) is 36.4 Å². The van der Waals surface area contributed by atoms with Crippen molar-refractivity contribution in [2.75, 3.05) is 12.4 Å². The number of fused-ring (bicyclic) bond motifs is 1. The number of nitrogens with one attached hydrogen (secondary N) is 1. The van der Waals surface area contributed by atoms with E-state index in [-0.39, 0.29) is 11.7 Å². The Morgan fingerprint density at radius 2 is 1.85 bits per heavy atom. The van der Waals surface area contributed by atoms with Gasteiger partial charge < -0.3 is 9.73 Å². The van der Waals surface area contributed by atoms with Crippen LogP contribution < -0.4 is 10.9 Å². The molecule has 6 heteroatoms. The van der Waals surface area contributed by atoms with Crippen molar-refractivity contribution >= 4 is 22.6 Å². The lowest BCUT2D eigenvalue weighted by Crippen LogP contribution is -2.19. The molecule has 134 valence electrons. The van der Waals surface area contributed by atoms with Crippen molar-refractivity contribution in [1.29, 1.82) is 0 Å². The summed E-state index contributed by atoms with van der Waals surface area (Å²) >= 11 is 0. The minimum Gasteiger partial charge on any atom is -0.423 e. The number of nitrogens with zero attached hydrogens (tertiary/aromatic N) is 1. The number of hydrogen-bond acceptors (Lipinski definition) is 4. The van der Waals surface area contributed by atoms with Crippen molar-refractivity contribution in [1.82, 2.24) is 4.90 Å². The third-order valence-electron chi connectivity index (χ3n) is 3.99. The second kappa shape index (κ2) is 7.49. The Labute approximate surface area is 150 Å². The second-order valence-electron chi connectivity index (χ2n) is 6.25. The fraction of sp³-hybridized carbons (Fsp3) is 0.200. The minimum atomic E-state index is -0.466. The predicted octanol–water partition coefficient (Wildman–Crippen LogP) is 3.52. The summed E-state index contributed by atoms with van der Waals surface area (Å²) in [5, 5.41) is 3.44. The zero-order chi connectivity index (χ0) is 18.7. The molecule has 0 unspecified atom stereocenters. The maximum Gasteiger partial charge on any atom is 0.336 e. The third-order valence-corrected chi connectivity index (χ3v) is 3.99. The minimum absolute atomic E-state index is 0.201. The summed E-state index contributed by atoms with van der Waals surface area (Å²) in [5.41, 5.74) is 1.87. The third kappa shape index (κ3) is 4.15. The second-order valence-corrected chi connectivity index (χ2v) is 6.25. The number of carbonyl (C=O) groups is 1. The molecule has 3 aromatic rings. The molecular formula is C20H19FN2O3. The molecular weight excluding hydrogens is 335 g/mol. The zero-order valence-corrected chi connectivity index (χ0v) is 14.6. The standard InChI is InChI=1S/C20H19FN2O3/c1-13(24)22-16-7-8-17-15(9-20(25)26-19(17)10-16)12-23(2)11-14-5-3-4-6-18(14)21/h3-10H,11-12H2,1-2H3,(H,22,24). The number of amides is 1. The average Bonchev–Trinajstić information content (AvgIpc) is 2.56. The molecule has 0 bridgehead atoms. The Hall–Kier alpha value is -2.99. The molecule has 0 aliphatic heterocycles. The number of benzene rings is 2. The van der Waals surface area contributed by atoms with Gasteiger partial charge in [-0.1, -0.05) is 18.2 Å². The van der Waals surface area contributed by atoms with Gasteiger partial charge in [-0.3, -0.25) is 9.69 Å². The molecule has 3 rings (SSSR count). The molecule has 0 aliphatic rings. The molecule has 0 fully saturated rings. The van der Waals surface area contributed by atoms with Crippen LogP contribution in [0.25, 0.3) is 11.0 Å². The fourth-order valence-electron chi connectivity index (χ4n) is 2.91. The number of carbonyl (C=O) groups excluding carboxylic acids is 1. The molecule has 1 N–H and O–H groups in total.